The molecule has 5 heteroatoms. The number of carbonyl (C=O) groups excluding carboxylic acids is 3. The van der Waals surface area contributed by atoms with Crippen LogP contribution in [0, 0.1) is 22.2 Å². The first kappa shape index (κ1) is 19.9. The van der Waals surface area contributed by atoms with Gasteiger partial charge >= 0.3 is 5.97 Å². The molecule has 5 aliphatic carbocycles. The zero-order valence-corrected chi connectivity index (χ0v) is 18.0. The van der Waals surface area contributed by atoms with Crippen LogP contribution in [0.25, 0.3) is 0 Å². The van der Waals surface area contributed by atoms with Crippen LogP contribution in [0.4, 0.5) is 0 Å². The van der Waals surface area contributed by atoms with E-state index in [1.54, 1.807) is 13.0 Å². The van der Waals surface area contributed by atoms with E-state index in [0.717, 1.165) is 42.4 Å². The van der Waals surface area contributed by atoms with Crippen molar-refractivity contribution in [1.82, 2.24) is 0 Å². The second-order valence-electron chi connectivity index (χ2n) is 10.2. The molecule has 1 spiro atoms. The van der Waals surface area contributed by atoms with E-state index in [0.29, 0.717) is 24.8 Å². The number of esters is 1. The number of hydrogen-bond acceptors (Lipinski definition) is 5. The molecule has 1 saturated carbocycles. The molecule has 1 unspecified atom stereocenters. The number of ether oxygens (including phenoxy) is 1. The van der Waals surface area contributed by atoms with Crippen molar-refractivity contribution in [3.63, 3.8) is 0 Å². The molecule has 0 aromatic rings. The van der Waals surface area contributed by atoms with Crippen molar-refractivity contribution in [2.75, 3.05) is 6.61 Å². The van der Waals surface area contributed by atoms with E-state index in [4.69, 9.17) is 4.74 Å². The van der Waals surface area contributed by atoms with Gasteiger partial charge in [0.05, 0.1) is 18.1 Å². The van der Waals surface area contributed by atoms with Crippen molar-refractivity contribution < 1.29 is 24.2 Å². The Morgan fingerprint density at radius 3 is 2.67 bits per heavy atom. The van der Waals surface area contributed by atoms with Crippen LogP contribution in [0.5, 0.6) is 0 Å². The normalized spacial score (nSPS) is 42.1. The fraction of sp³-hybridized carbons (Fsp3) is 0.640. The van der Waals surface area contributed by atoms with Crippen LogP contribution in [-0.2, 0) is 19.1 Å². The van der Waals surface area contributed by atoms with Gasteiger partial charge in [-0.3, -0.25) is 14.4 Å². The number of Topliss-reactive ketones (excluding diaryl/α,β-unsaturated/α-hetero) is 1. The lowest BCUT2D eigenvalue weighted by atomic mass is 9.50. The highest BCUT2D eigenvalue weighted by Gasteiger charge is 2.66. The van der Waals surface area contributed by atoms with Crippen molar-refractivity contribution in [2.24, 2.45) is 22.2 Å². The molecule has 5 nitrogen and oxygen atoms in total. The minimum Gasteiger partial charge on any atom is -0.465 e. The molecule has 0 aromatic heterocycles. The summed E-state index contributed by atoms with van der Waals surface area (Å²) in [5.74, 6) is -1.05. The molecule has 5 rings (SSSR count). The minimum absolute atomic E-state index is 0.000841. The zero-order chi connectivity index (χ0) is 21.5. The quantitative estimate of drug-likeness (QED) is 0.704. The number of ketones is 2. The molecule has 0 saturated heterocycles. The van der Waals surface area contributed by atoms with Gasteiger partial charge in [-0.1, -0.05) is 25.5 Å². The molecule has 1 N–H and O–H groups in total. The second-order valence-corrected chi connectivity index (χ2v) is 10.2. The summed E-state index contributed by atoms with van der Waals surface area (Å²) in [4.78, 5) is 38.6. The molecular formula is C25H30O5. The maximum Gasteiger partial charge on any atom is 0.316 e. The summed E-state index contributed by atoms with van der Waals surface area (Å²) in [6, 6.07) is 0. The summed E-state index contributed by atoms with van der Waals surface area (Å²) in [6.45, 7) is 6.28. The summed E-state index contributed by atoms with van der Waals surface area (Å²) >= 11 is 0. The first-order valence-corrected chi connectivity index (χ1v) is 11.3. The van der Waals surface area contributed by atoms with Gasteiger partial charge in [-0.2, -0.15) is 0 Å². The third-order valence-electron chi connectivity index (χ3n) is 8.97. The van der Waals surface area contributed by atoms with Crippen molar-refractivity contribution in [3.8, 4) is 0 Å². The lowest BCUT2D eigenvalue weighted by molar-refractivity contribution is -0.150. The Bertz CT molecular complexity index is 968. The van der Waals surface area contributed by atoms with Gasteiger partial charge in [-0.05, 0) is 67.2 Å². The fourth-order valence-corrected chi connectivity index (χ4v) is 7.34. The Kier molecular flexibility index (Phi) is 4.15. The Morgan fingerprint density at radius 2 is 1.93 bits per heavy atom. The molecule has 5 atom stereocenters. The molecule has 0 amide bonds. The van der Waals surface area contributed by atoms with Crippen LogP contribution in [0.1, 0.15) is 65.7 Å². The molecule has 0 aromatic carbocycles. The number of allylic oxidation sites excluding steroid dienone is 4. The molecular weight excluding hydrogens is 380 g/mol. The van der Waals surface area contributed by atoms with Gasteiger partial charge in [0, 0.05) is 18.3 Å². The summed E-state index contributed by atoms with van der Waals surface area (Å²) in [7, 11) is 0. The van der Waals surface area contributed by atoms with Crippen LogP contribution in [0.3, 0.4) is 0 Å². The van der Waals surface area contributed by atoms with Crippen LogP contribution in [0.15, 0.2) is 34.4 Å². The van der Waals surface area contributed by atoms with E-state index < -0.39 is 28.8 Å². The SMILES string of the molecule is CCOC(=O)[C@H]1C2=C(CC[C@@]34C(=O)CC[C@]3(C)CC=C24)C2(C)CCC(=O)C=C2[C@@H]1O. The monoisotopic (exact) mass is 410 g/mol. The van der Waals surface area contributed by atoms with Crippen molar-refractivity contribution in [1.29, 1.82) is 0 Å². The molecule has 0 radical (unpaired) electrons. The van der Waals surface area contributed by atoms with Gasteiger partial charge in [0.15, 0.2) is 5.78 Å². The highest BCUT2D eigenvalue weighted by atomic mass is 16.5. The predicted molar refractivity (Wildman–Crippen MR) is 110 cm³/mol. The van der Waals surface area contributed by atoms with E-state index in [2.05, 4.69) is 19.9 Å². The van der Waals surface area contributed by atoms with Crippen LogP contribution in [-0.4, -0.2) is 35.4 Å². The molecule has 5 aliphatic rings. The molecule has 0 heterocycles. The number of rotatable bonds is 2. The number of carbonyl (C=O) groups is 3. The topological polar surface area (TPSA) is 80.7 Å². The molecule has 160 valence electrons. The number of aliphatic hydroxyl groups is 1. The number of aliphatic hydroxyl groups excluding tert-OH is 1. The molecule has 0 bridgehead atoms. The Morgan fingerprint density at radius 1 is 1.17 bits per heavy atom. The molecule has 0 aliphatic heterocycles. The van der Waals surface area contributed by atoms with Crippen LogP contribution < -0.4 is 0 Å². The van der Waals surface area contributed by atoms with Crippen molar-refractivity contribution >= 4 is 17.5 Å². The lowest BCUT2D eigenvalue weighted by Crippen LogP contribution is -2.51. The van der Waals surface area contributed by atoms with Gasteiger partial charge in [-0.25, -0.2) is 0 Å². The Labute approximate surface area is 177 Å². The highest BCUT2D eigenvalue weighted by Crippen LogP contribution is 2.70. The second kappa shape index (κ2) is 6.25. The summed E-state index contributed by atoms with van der Waals surface area (Å²) in [5.41, 5.74) is 2.49. The Hall–Kier alpha value is -2.01. The largest absolute Gasteiger partial charge is 0.465 e. The maximum absolute atomic E-state index is 13.3. The summed E-state index contributed by atoms with van der Waals surface area (Å²) < 4.78 is 5.39. The summed E-state index contributed by atoms with van der Waals surface area (Å²) in [6.07, 6.45) is 7.46. The Balaban J connectivity index is 1.76. The third kappa shape index (κ3) is 2.20. The predicted octanol–water partition coefficient (Wildman–Crippen LogP) is 3.61. The van der Waals surface area contributed by atoms with E-state index >= 15 is 0 Å². The average Bonchev–Trinajstić information content (AvgIpc) is 3.14. The standard InChI is InChI=1S/C25H30O5/c1-4-30-22(29)20-19-15(24(3)11-5-14(26)13-17(24)21(20)28)7-12-25-16(19)6-9-23(25,2)10-8-18(25)27/h6,13,20-21,28H,4-5,7-12H2,1-3H3/t20-,21-,23-,24?,25+/m0/s1. The number of hydrogen-bond donors (Lipinski definition) is 1. The maximum atomic E-state index is 13.3. The molecule has 1 fully saturated rings. The summed E-state index contributed by atoms with van der Waals surface area (Å²) in [5, 5.41) is 11.4. The van der Waals surface area contributed by atoms with Crippen molar-refractivity contribution in [2.45, 2.75) is 71.8 Å². The van der Waals surface area contributed by atoms with Gasteiger partial charge in [-0.15, -0.1) is 0 Å². The van der Waals surface area contributed by atoms with Crippen molar-refractivity contribution in [3.05, 3.63) is 34.4 Å². The van der Waals surface area contributed by atoms with Gasteiger partial charge in [0.25, 0.3) is 0 Å². The number of fused-ring (bicyclic) bond motifs is 3. The van der Waals surface area contributed by atoms with Gasteiger partial charge < -0.3 is 9.84 Å². The van der Waals surface area contributed by atoms with E-state index in [1.807, 2.05) is 0 Å². The molecule has 30 heavy (non-hydrogen) atoms. The van der Waals surface area contributed by atoms with Crippen LogP contribution in [0.2, 0.25) is 0 Å². The average molecular weight is 411 g/mol. The first-order valence-electron chi connectivity index (χ1n) is 11.3. The first-order chi connectivity index (χ1) is 14.2. The smallest absolute Gasteiger partial charge is 0.316 e. The van der Waals surface area contributed by atoms with Gasteiger partial charge in [0.1, 0.15) is 11.7 Å². The minimum atomic E-state index is -1.10. The highest BCUT2D eigenvalue weighted by molar-refractivity contribution is 5.96. The van der Waals surface area contributed by atoms with E-state index in [9.17, 15) is 19.5 Å². The lowest BCUT2D eigenvalue weighted by Gasteiger charge is -2.53. The van der Waals surface area contributed by atoms with E-state index in [-0.39, 0.29) is 23.6 Å². The van der Waals surface area contributed by atoms with E-state index in [1.165, 1.54) is 0 Å². The zero-order valence-electron chi connectivity index (χ0n) is 18.0. The van der Waals surface area contributed by atoms with Gasteiger partial charge in [0.2, 0.25) is 0 Å². The van der Waals surface area contributed by atoms with Crippen LogP contribution >= 0.6 is 0 Å². The fourth-order valence-electron chi connectivity index (χ4n) is 7.34. The third-order valence-corrected chi connectivity index (χ3v) is 8.97.